The van der Waals surface area contributed by atoms with Gasteiger partial charge >= 0.3 is 0 Å². The van der Waals surface area contributed by atoms with Crippen LogP contribution in [0.25, 0.3) is 0 Å². The van der Waals surface area contributed by atoms with E-state index in [1.54, 1.807) is 11.3 Å². The van der Waals surface area contributed by atoms with Crippen molar-refractivity contribution in [3.63, 3.8) is 0 Å². The van der Waals surface area contributed by atoms with Gasteiger partial charge in [0.15, 0.2) is 5.13 Å². The molecule has 0 saturated carbocycles. The number of ether oxygens (including phenoxy) is 1. The third kappa shape index (κ3) is 4.07. The number of aromatic nitrogens is 2. The molecule has 0 amide bonds. The average molecular weight is 332 g/mol. The van der Waals surface area contributed by atoms with Crippen LogP contribution >= 0.6 is 11.3 Å². The molecule has 0 aliphatic carbocycles. The molecule has 6 heteroatoms. The predicted molar refractivity (Wildman–Crippen MR) is 94.6 cm³/mol. The number of anilines is 2. The lowest BCUT2D eigenvalue weighted by Crippen LogP contribution is -2.33. The van der Waals surface area contributed by atoms with Crippen LogP contribution < -0.4 is 10.6 Å². The first-order valence-electron chi connectivity index (χ1n) is 8.35. The van der Waals surface area contributed by atoms with Crippen molar-refractivity contribution in [3.8, 4) is 0 Å². The lowest BCUT2D eigenvalue weighted by Gasteiger charge is -2.23. The van der Waals surface area contributed by atoms with Gasteiger partial charge in [-0.25, -0.2) is 9.97 Å². The van der Waals surface area contributed by atoms with Crippen molar-refractivity contribution in [2.75, 3.05) is 25.0 Å². The molecule has 3 rings (SSSR count). The van der Waals surface area contributed by atoms with E-state index in [0.29, 0.717) is 0 Å². The highest BCUT2D eigenvalue weighted by Gasteiger charge is 2.17. The van der Waals surface area contributed by atoms with E-state index >= 15 is 0 Å². The van der Waals surface area contributed by atoms with Gasteiger partial charge in [-0.05, 0) is 25.0 Å². The van der Waals surface area contributed by atoms with Crippen molar-refractivity contribution in [1.29, 1.82) is 0 Å². The Bertz CT molecular complexity index is 637. The summed E-state index contributed by atoms with van der Waals surface area (Å²) in [5.74, 6) is 0.830. The van der Waals surface area contributed by atoms with E-state index < -0.39 is 0 Å². The quantitative estimate of drug-likeness (QED) is 0.848. The number of aryl methyl sites for hydroxylation is 2. The molecular formula is C17H24N4OS. The van der Waals surface area contributed by atoms with E-state index in [9.17, 15) is 0 Å². The maximum Gasteiger partial charge on any atom is 0.188 e. The summed E-state index contributed by atoms with van der Waals surface area (Å²) in [7, 11) is 0. The van der Waals surface area contributed by atoms with Crippen LogP contribution in [-0.4, -0.2) is 29.7 Å². The smallest absolute Gasteiger partial charge is 0.188 e. The van der Waals surface area contributed by atoms with Crippen molar-refractivity contribution in [1.82, 2.24) is 15.3 Å². The van der Waals surface area contributed by atoms with Gasteiger partial charge in [0.05, 0.1) is 18.0 Å². The van der Waals surface area contributed by atoms with Crippen molar-refractivity contribution < 1.29 is 4.74 Å². The minimum Gasteiger partial charge on any atom is -0.369 e. The normalized spacial score (nSPS) is 18.1. The van der Waals surface area contributed by atoms with Gasteiger partial charge < -0.3 is 15.4 Å². The standard InChI is InChI=1S/C17H24N4OS/c1-3-6-13-15(4-2)23-17(20-13)21-16-8-5-7-12(19-16)14-11-18-9-10-22-14/h5,7-8,14,18H,3-4,6,9-11H2,1-2H3,(H,19,20,21)/t14-/m1/s1. The van der Waals surface area contributed by atoms with Gasteiger partial charge in [-0.3, -0.25) is 0 Å². The third-order valence-electron chi connectivity index (χ3n) is 3.85. The van der Waals surface area contributed by atoms with Gasteiger partial charge in [0, 0.05) is 18.0 Å². The molecule has 23 heavy (non-hydrogen) atoms. The van der Waals surface area contributed by atoms with E-state index in [1.807, 2.05) is 18.2 Å². The molecule has 2 aromatic rings. The van der Waals surface area contributed by atoms with Crippen LogP contribution in [0.1, 0.15) is 42.6 Å². The number of nitrogens with one attached hydrogen (secondary N) is 2. The molecule has 2 aromatic heterocycles. The Kier molecular flexibility index (Phi) is 5.59. The Hall–Kier alpha value is -1.50. The van der Waals surface area contributed by atoms with Crippen LogP contribution in [0.3, 0.4) is 0 Å². The van der Waals surface area contributed by atoms with Gasteiger partial charge in [-0.15, -0.1) is 11.3 Å². The lowest BCUT2D eigenvalue weighted by atomic mass is 10.2. The summed E-state index contributed by atoms with van der Waals surface area (Å²) in [6, 6.07) is 6.01. The van der Waals surface area contributed by atoms with Crippen molar-refractivity contribution in [2.24, 2.45) is 0 Å². The minimum absolute atomic E-state index is 0.0312. The van der Waals surface area contributed by atoms with Gasteiger partial charge in [0.1, 0.15) is 11.9 Å². The molecule has 124 valence electrons. The molecule has 0 bridgehead atoms. The number of nitrogens with zero attached hydrogens (tertiary/aromatic N) is 2. The summed E-state index contributed by atoms with van der Waals surface area (Å²) in [5.41, 5.74) is 2.18. The SMILES string of the molecule is CCCc1nc(Nc2cccc([C@H]3CNCCO3)n2)sc1CC. The van der Waals surface area contributed by atoms with E-state index in [-0.39, 0.29) is 6.10 Å². The van der Waals surface area contributed by atoms with E-state index in [4.69, 9.17) is 14.7 Å². The highest BCUT2D eigenvalue weighted by Crippen LogP contribution is 2.27. The zero-order chi connectivity index (χ0) is 16.1. The number of morpholine rings is 1. The van der Waals surface area contributed by atoms with Crippen LogP contribution in [0, 0.1) is 0 Å². The molecule has 5 nitrogen and oxygen atoms in total. The molecule has 1 saturated heterocycles. The Morgan fingerprint density at radius 1 is 1.35 bits per heavy atom. The molecule has 0 aromatic carbocycles. The maximum atomic E-state index is 5.78. The van der Waals surface area contributed by atoms with Crippen LogP contribution in [0.15, 0.2) is 18.2 Å². The van der Waals surface area contributed by atoms with E-state index in [1.165, 1.54) is 10.6 Å². The Labute approximate surface area is 141 Å². The van der Waals surface area contributed by atoms with Crippen LogP contribution in [-0.2, 0) is 17.6 Å². The summed E-state index contributed by atoms with van der Waals surface area (Å²) in [5, 5.41) is 7.62. The predicted octanol–water partition coefficient (Wildman–Crippen LogP) is 3.46. The molecule has 1 atom stereocenters. The molecule has 2 N–H and O–H groups in total. The van der Waals surface area contributed by atoms with Gasteiger partial charge in [0.2, 0.25) is 0 Å². The van der Waals surface area contributed by atoms with Gasteiger partial charge in [-0.2, -0.15) is 0 Å². The second kappa shape index (κ2) is 7.86. The molecule has 1 fully saturated rings. The number of rotatable bonds is 6. The summed E-state index contributed by atoms with van der Waals surface area (Å²) in [6.45, 7) is 6.83. The summed E-state index contributed by atoms with van der Waals surface area (Å²) >= 11 is 1.73. The number of thiazole rings is 1. The molecular weight excluding hydrogens is 308 g/mol. The second-order valence-electron chi connectivity index (χ2n) is 5.63. The van der Waals surface area contributed by atoms with Crippen LogP contribution in [0.4, 0.5) is 10.9 Å². The minimum atomic E-state index is 0.0312. The summed E-state index contributed by atoms with van der Waals surface area (Å²) < 4.78 is 5.78. The highest BCUT2D eigenvalue weighted by molar-refractivity contribution is 7.15. The molecule has 3 heterocycles. The molecule has 0 unspecified atom stereocenters. The zero-order valence-electron chi connectivity index (χ0n) is 13.8. The average Bonchev–Trinajstić information content (AvgIpc) is 2.98. The van der Waals surface area contributed by atoms with E-state index in [2.05, 4.69) is 24.5 Å². The fourth-order valence-electron chi connectivity index (χ4n) is 2.71. The zero-order valence-corrected chi connectivity index (χ0v) is 14.6. The monoisotopic (exact) mass is 332 g/mol. The first-order chi connectivity index (χ1) is 11.3. The largest absolute Gasteiger partial charge is 0.369 e. The number of hydrogen-bond acceptors (Lipinski definition) is 6. The molecule has 0 radical (unpaired) electrons. The number of pyridine rings is 1. The van der Waals surface area contributed by atoms with Crippen LogP contribution in [0.5, 0.6) is 0 Å². The van der Waals surface area contributed by atoms with Crippen molar-refractivity contribution >= 4 is 22.3 Å². The Morgan fingerprint density at radius 2 is 2.26 bits per heavy atom. The fourth-order valence-corrected chi connectivity index (χ4v) is 3.67. The molecule has 1 aliphatic heterocycles. The fraction of sp³-hybridized carbons (Fsp3) is 0.529. The summed E-state index contributed by atoms with van der Waals surface area (Å²) in [4.78, 5) is 10.8. The topological polar surface area (TPSA) is 59.1 Å². The Balaban J connectivity index is 1.74. The maximum absolute atomic E-state index is 5.78. The van der Waals surface area contributed by atoms with Crippen LogP contribution in [0.2, 0.25) is 0 Å². The van der Waals surface area contributed by atoms with E-state index in [0.717, 1.165) is 55.6 Å². The second-order valence-corrected chi connectivity index (χ2v) is 6.71. The highest BCUT2D eigenvalue weighted by atomic mass is 32.1. The van der Waals surface area contributed by atoms with Crippen molar-refractivity contribution in [2.45, 2.75) is 39.2 Å². The third-order valence-corrected chi connectivity index (χ3v) is 5.01. The molecule has 0 spiro atoms. The van der Waals surface area contributed by atoms with Crippen molar-refractivity contribution in [3.05, 3.63) is 34.5 Å². The summed E-state index contributed by atoms with van der Waals surface area (Å²) in [6.07, 6.45) is 3.22. The van der Waals surface area contributed by atoms with Gasteiger partial charge in [0.25, 0.3) is 0 Å². The first-order valence-corrected chi connectivity index (χ1v) is 9.16. The Morgan fingerprint density at radius 3 is 3.00 bits per heavy atom. The first kappa shape index (κ1) is 16.4. The molecule has 1 aliphatic rings. The van der Waals surface area contributed by atoms with Gasteiger partial charge in [-0.1, -0.05) is 26.3 Å². The number of hydrogen-bond donors (Lipinski definition) is 2. The lowest BCUT2D eigenvalue weighted by molar-refractivity contribution is 0.0251.